The minimum atomic E-state index is 0.600. The fourth-order valence-corrected chi connectivity index (χ4v) is 1.63. The lowest BCUT2D eigenvalue weighted by Crippen LogP contribution is -1.97. The topological polar surface area (TPSA) is 45.9 Å². The van der Waals surface area contributed by atoms with Gasteiger partial charge in [-0.2, -0.15) is 5.26 Å². The average molecular weight is 226 g/mol. The van der Waals surface area contributed by atoms with E-state index in [-0.39, 0.29) is 0 Å². The van der Waals surface area contributed by atoms with Crippen LogP contribution in [0, 0.1) is 11.3 Å². The molecule has 2 rings (SSSR count). The molecular formula is C14H14N2O. The van der Waals surface area contributed by atoms with E-state index < -0.39 is 0 Å². The maximum Gasteiger partial charge on any atom is 0.121 e. The molecule has 1 aromatic carbocycles. The molecule has 0 spiro atoms. The Kier molecular flexibility index (Phi) is 3.93. The van der Waals surface area contributed by atoms with E-state index in [0.29, 0.717) is 13.0 Å². The van der Waals surface area contributed by atoms with Crippen molar-refractivity contribution in [3.05, 3.63) is 36.5 Å². The SMILES string of the molecule is N#CCCCCOc1ccc2cccnc2c1. The van der Waals surface area contributed by atoms with Gasteiger partial charge >= 0.3 is 0 Å². The number of nitriles is 1. The van der Waals surface area contributed by atoms with Gasteiger partial charge in [0.1, 0.15) is 5.75 Å². The van der Waals surface area contributed by atoms with Crippen molar-refractivity contribution < 1.29 is 4.74 Å². The van der Waals surface area contributed by atoms with Crippen LogP contribution in [0.1, 0.15) is 19.3 Å². The van der Waals surface area contributed by atoms with Crippen LogP contribution in [0.2, 0.25) is 0 Å². The summed E-state index contributed by atoms with van der Waals surface area (Å²) >= 11 is 0. The van der Waals surface area contributed by atoms with Gasteiger partial charge in [-0.1, -0.05) is 6.07 Å². The summed E-state index contributed by atoms with van der Waals surface area (Å²) in [5, 5.41) is 9.52. The second-order valence-electron chi connectivity index (χ2n) is 3.82. The maximum atomic E-state index is 8.40. The second-order valence-corrected chi connectivity index (χ2v) is 3.82. The van der Waals surface area contributed by atoms with Crippen LogP contribution in [-0.2, 0) is 0 Å². The van der Waals surface area contributed by atoms with Crippen LogP contribution in [-0.4, -0.2) is 11.6 Å². The van der Waals surface area contributed by atoms with Gasteiger partial charge in [0.05, 0.1) is 18.2 Å². The van der Waals surface area contributed by atoms with Gasteiger partial charge in [0.2, 0.25) is 0 Å². The normalized spacial score (nSPS) is 10.1. The Balaban J connectivity index is 1.93. The summed E-state index contributed by atoms with van der Waals surface area (Å²) in [4.78, 5) is 4.28. The molecule has 0 amide bonds. The van der Waals surface area contributed by atoms with Crippen LogP contribution in [0.25, 0.3) is 10.9 Å². The molecule has 0 atom stereocenters. The molecular weight excluding hydrogens is 212 g/mol. The van der Waals surface area contributed by atoms with E-state index in [1.165, 1.54) is 0 Å². The monoisotopic (exact) mass is 226 g/mol. The van der Waals surface area contributed by atoms with Gasteiger partial charge in [-0.3, -0.25) is 4.98 Å². The first-order valence-electron chi connectivity index (χ1n) is 5.75. The zero-order valence-electron chi connectivity index (χ0n) is 9.60. The molecule has 1 aromatic heterocycles. The molecule has 0 aliphatic heterocycles. The lowest BCUT2D eigenvalue weighted by Gasteiger charge is -2.06. The van der Waals surface area contributed by atoms with Crippen LogP contribution >= 0.6 is 0 Å². The summed E-state index contributed by atoms with van der Waals surface area (Å²) in [6.45, 7) is 0.653. The standard InChI is InChI=1S/C14H14N2O/c15-8-2-1-3-10-17-13-7-6-12-5-4-9-16-14(12)11-13/h4-7,9,11H,1-3,10H2. The maximum absolute atomic E-state index is 8.40. The molecule has 3 nitrogen and oxygen atoms in total. The van der Waals surface area contributed by atoms with Crippen molar-refractivity contribution in [1.82, 2.24) is 4.98 Å². The van der Waals surface area contributed by atoms with Crippen molar-refractivity contribution in [2.75, 3.05) is 6.61 Å². The van der Waals surface area contributed by atoms with Crippen LogP contribution in [0.3, 0.4) is 0 Å². The first-order valence-corrected chi connectivity index (χ1v) is 5.75. The fourth-order valence-electron chi connectivity index (χ4n) is 1.63. The molecule has 0 fully saturated rings. The van der Waals surface area contributed by atoms with Gasteiger partial charge in [0.25, 0.3) is 0 Å². The molecule has 0 unspecified atom stereocenters. The van der Waals surface area contributed by atoms with E-state index in [1.54, 1.807) is 6.20 Å². The summed E-state index contributed by atoms with van der Waals surface area (Å²) in [6.07, 6.45) is 4.18. The molecule has 0 radical (unpaired) electrons. The number of nitrogens with zero attached hydrogens (tertiary/aromatic N) is 2. The third-order valence-corrected chi connectivity index (χ3v) is 2.53. The number of fused-ring (bicyclic) bond motifs is 1. The lowest BCUT2D eigenvalue weighted by atomic mass is 10.2. The molecule has 3 heteroatoms. The van der Waals surface area contributed by atoms with Crippen molar-refractivity contribution in [3.8, 4) is 11.8 Å². The molecule has 0 saturated carbocycles. The molecule has 0 aliphatic carbocycles. The number of benzene rings is 1. The molecule has 2 aromatic rings. The average Bonchev–Trinajstić information content (AvgIpc) is 2.38. The Morgan fingerprint density at radius 3 is 3.06 bits per heavy atom. The van der Waals surface area contributed by atoms with Gasteiger partial charge in [0, 0.05) is 24.1 Å². The van der Waals surface area contributed by atoms with Crippen molar-refractivity contribution in [1.29, 1.82) is 5.26 Å². The molecule has 0 aliphatic rings. The van der Waals surface area contributed by atoms with Crippen LogP contribution < -0.4 is 4.74 Å². The second kappa shape index (κ2) is 5.86. The highest BCUT2D eigenvalue weighted by Crippen LogP contribution is 2.18. The summed E-state index contributed by atoms with van der Waals surface area (Å²) < 4.78 is 5.61. The summed E-state index contributed by atoms with van der Waals surface area (Å²) in [5.74, 6) is 0.841. The van der Waals surface area contributed by atoms with Gasteiger partial charge < -0.3 is 4.74 Å². The highest BCUT2D eigenvalue weighted by Gasteiger charge is 1.97. The Hall–Kier alpha value is -2.08. The first kappa shape index (κ1) is 11.4. The van der Waals surface area contributed by atoms with E-state index in [9.17, 15) is 0 Å². The smallest absolute Gasteiger partial charge is 0.121 e. The van der Waals surface area contributed by atoms with Crippen LogP contribution in [0.4, 0.5) is 0 Å². The highest BCUT2D eigenvalue weighted by atomic mass is 16.5. The number of unbranched alkanes of at least 4 members (excludes halogenated alkanes) is 2. The molecule has 0 saturated heterocycles. The number of aromatic nitrogens is 1. The van der Waals surface area contributed by atoms with Crippen molar-refractivity contribution in [2.45, 2.75) is 19.3 Å². The highest BCUT2D eigenvalue weighted by molar-refractivity contribution is 5.79. The molecule has 0 N–H and O–H groups in total. The number of pyridine rings is 1. The fraction of sp³-hybridized carbons (Fsp3) is 0.286. The van der Waals surface area contributed by atoms with Gasteiger partial charge in [0.15, 0.2) is 0 Å². The quantitative estimate of drug-likeness (QED) is 0.735. The van der Waals surface area contributed by atoms with Crippen molar-refractivity contribution in [2.24, 2.45) is 0 Å². The van der Waals surface area contributed by atoms with Crippen LogP contribution in [0.5, 0.6) is 5.75 Å². The minimum absolute atomic E-state index is 0.600. The van der Waals surface area contributed by atoms with Gasteiger partial charge in [-0.05, 0) is 31.0 Å². The summed E-state index contributed by atoms with van der Waals surface area (Å²) in [5.41, 5.74) is 0.946. The summed E-state index contributed by atoms with van der Waals surface area (Å²) in [6, 6.07) is 12.0. The zero-order valence-corrected chi connectivity index (χ0v) is 9.60. The Labute approximate surface area is 101 Å². The Morgan fingerprint density at radius 1 is 1.24 bits per heavy atom. The number of ether oxygens (including phenoxy) is 1. The third-order valence-electron chi connectivity index (χ3n) is 2.53. The van der Waals surface area contributed by atoms with E-state index in [2.05, 4.69) is 11.1 Å². The lowest BCUT2D eigenvalue weighted by molar-refractivity contribution is 0.308. The van der Waals surface area contributed by atoms with Gasteiger partial charge in [-0.15, -0.1) is 0 Å². The largest absolute Gasteiger partial charge is 0.494 e. The molecule has 0 bridgehead atoms. The molecule has 86 valence electrons. The van der Waals surface area contributed by atoms with Crippen molar-refractivity contribution in [3.63, 3.8) is 0 Å². The van der Waals surface area contributed by atoms with E-state index in [1.807, 2.05) is 30.3 Å². The summed E-state index contributed by atoms with van der Waals surface area (Å²) in [7, 11) is 0. The van der Waals surface area contributed by atoms with Gasteiger partial charge in [-0.25, -0.2) is 0 Å². The number of hydrogen-bond acceptors (Lipinski definition) is 3. The number of rotatable bonds is 5. The number of hydrogen-bond donors (Lipinski definition) is 0. The zero-order chi connectivity index (χ0) is 11.9. The third kappa shape index (κ3) is 3.18. The Bertz CT molecular complexity index is 531. The van der Waals surface area contributed by atoms with E-state index >= 15 is 0 Å². The van der Waals surface area contributed by atoms with Crippen LogP contribution in [0.15, 0.2) is 36.5 Å². The van der Waals surface area contributed by atoms with Crippen molar-refractivity contribution >= 4 is 10.9 Å². The molecule has 17 heavy (non-hydrogen) atoms. The predicted octanol–water partition coefficient (Wildman–Crippen LogP) is 3.31. The molecule has 1 heterocycles. The minimum Gasteiger partial charge on any atom is -0.494 e. The predicted molar refractivity (Wildman–Crippen MR) is 66.7 cm³/mol. The van der Waals surface area contributed by atoms with E-state index in [0.717, 1.165) is 29.5 Å². The van der Waals surface area contributed by atoms with E-state index in [4.69, 9.17) is 10.00 Å². The first-order chi connectivity index (χ1) is 8.40. The Morgan fingerprint density at radius 2 is 2.18 bits per heavy atom.